The number of fused-ring (bicyclic) bond motifs is 2. The average molecular weight is 546 g/mol. The molecule has 2 amide bonds. The number of hydrogen-bond donors (Lipinski definition) is 2. The van der Waals surface area contributed by atoms with Gasteiger partial charge >= 0.3 is 0 Å². The summed E-state index contributed by atoms with van der Waals surface area (Å²) in [6, 6.07) is 14.8. The number of aliphatic hydroxyl groups is 1. The van der Waals surface area contributed by atoms with Crippen LogP contribution in [-0.2, 0) is 10.2 Å². The van der Waals surface area contributed by atoms with Gasteiger partial charge in [0.1, 0.15) is 11.4 Å². The fourth-order valence-corrected chi connectivity index (χ4v) is 7.17. The predicted octanol–water partition coefficient (Wildman–Crippen LogP) is 5.43. The van der Waals surface area contributed by atoms with Crippen molar-refractivity contribution in [2.45, 2.75) is 87.7 Å². The summed E-state index contributed by atoms with van der Waals surface area (Å²) in [7, 11) is 1.75. The zero-order chi connectivity index (χ0) is 27.7. The molecule has 1 spiro atoms. The summed E-state index contributed by atoms with van der Waals surface area (Å²) in [5.41, 5.74) is 3.49. The van der Waals surface area contributed by atoms with E-state index in [0.29, 0.717) is 44.6 Å². The highest BCUT2D eigenvalue weighted by molar-refractivity contribution is 5.94. The maximum atomic E-state index is 13.3. The minimum absolute atomic E-state index is 0.00515. The highest BCUT2D eigenvalue weighted by atomic mass is 16.5. The van der Waals surface area contributed by atoms with Crippen molar-refractivity contribution in [3.8, 4) is 5.75 Å². The first-order chi connectivity index (χ1) is 19.4. The number of ether oxygens (including phenoxy) is 1. The summed E-state index contributed by atoms with van der Waals surface area (Å²) in [6.45, 7) is 1.94. The third-order valence-corrected chi connectivity index (χ3v) is 9.82. The number of nitrogens with zero attached hydrogens (tertiary/aromatic N) is 2. The molecule has 2 aliphatic heterocycles. The van der Waals surface area contributed by atoms with E-state index in [4.69, 9.17) is 4.74 Å². The molecule has 40 heavy (non-hydrogen) atoms. The van der Waals surface area contributed by atoms with Crippen molar-refractivity contribution in [2.75, 3.05) is 38.6 Å². The predicted molar refractivity (Wildman–Crippen MR) is 156 cm³/mol. The van der Waals surface area contributed by atoms with Crippen LogP contribution in [0.5, 0.6) is 5.75 Å². The number of anilines is 1. The van der Waals surface area contributed by atoms with Crippen LogP contribution >= 0.6 is 0 Å². The molecule has 1 atom stereocenters. The van der Waals surface area contributed by atoms with Crippen molar-refractivity contribution >= 4 is 17.5 Å². The molecule has 2 aliphatic carbocycles. The van der Waals surface area contributed by atoms with Crippen molar-refractivity contribution < 1.29 is 19.4 Å². The summed E-state index contributed by atoms with van der Waals surface area (Å²) in [6.07, 6.45) is 12.4. The molecule has 0 aromatic heterocycles. The van der Waals surface area contributed by atoms with Crippen molar-refractivity contribution in [2.24, 2.45) is 0 Å². The topological polar surface area (TPSA) is 82.1 Å². The highest BCUT2D eigenvalue weighted by Gasteiger charge is 2.50. The molecule has 3 fully saturated rings. The first kappa shape index (κ1) is 27.1. The van der Waals surface area contributed by atoms with Crippen LogP contribution in [0.15, 0.2) is 42.5 Å². The quantitative estimate of drug-likeness (QED) is 0.535. The third kappa shape index (κ3) is 5.32. The van der Waals surface area contributed by atoms with Crippen LogP contribution in [0.3, 0.4) is 0 Å². The second-order valence-corrected chi connectivity index (χ2v) is 12.5. The molecular formula is C33H43N3O4. The normalized spacial score (nSPS) is 23.7. The lowest BCUT2D eigenvalue weighted by Crippen LogP contribution is -2.53. The highest BCUT2D eigenvalue weighted by Crippen LogP contribution is 2.51. The Morgan fingerprint density at radius 1 is 0.850 bits per heavy atom. The fourth-order valence-electron chi connectivity index (χ4n) is 7.17. The van der Waals surface area contributed by atoms with Gasteiger partial charge in [-0.15, -0.1) is 0 Å². The number of rotatable bonds is 4. The van der Waals surface area contributed by atoms with Gasteiger partial charge < -0.3 is 25.0 Å². The van der Waals surface area contributed by atoms with Crippen LogP contribution in [0.2, 0.25) is 0 Å². The smallest absolute Gasteiger partial charge is 0.254 e. The number of carbonyl (C=O) groups is 2. The summed E-state index contributed by atoms with van der Waals surface area (Å²) in [4.78, 5) is 29.3. The Labute approximate surface area is 237 Å². The molecular weight excluding hydrogens is 502 g/mol. The van der Waals surface area contributed by atoms with E-state index in [-0.39, 0.29) is 23.3 Å². The lowest BCUT2D eigenvalue weighted by Gasteiger charge is -2.44. The minimum Gasteiger partial charge on any atom is -0.497 e. The van der Waals surface area contributed by atoms with Crippen LogP contribution in [-0.4, -0.2) is 65.6 Å². The van der Waals surface area contributed by atoms with Crippen LogP contribution in [0.4, 0.5) is 5.69 Å². The Morgan fingerprint density at radius 3 is 2.10 bits per heavy atom. The number of hydrogen-bond acceptors (Lipinski definition) is 5. The fraction of sp³-hybridized carbons (Fsp3) is 0.576. The van der Waals surface area contributed by atoms with Crippen LogP contribution in [0.25, 0.3) is 0 Å². The average Bonchev–Trinajstić information content (AvgIpc) is 3.73. The monoisotopic (exact) mass is 545 g/mol. The Balaban J connectivity index is 1.17. The zero-order valence-corrected chi connectivity index (χ0v) is 23.8. The number of piperazine rings is 1. The van der Waals surface area contributed by atoms with Crippen molar-refractivity contribution in [1.82, 2.24) is 9.80 Å². The second-order valence-electron chi connectivity index (χ2n) is 12.5. The first-order valence-corrected chi connectivity index (χ1v) is 15.3. The lowest BCUT2D eigenvalue weighted by atomic mass is 9.66. The van der Waals surface area contributed by atoms with Gasteiger partial charge in [-0.25, -0.2) is 0 Å². The van der Waals surface area contributed by atoms with E-state index >= 15 is 0 Å². The molecule has 2 heterocycles. The molecule has 7 heteroatoms. The lowest BCUT2D eigenvalue weighted by molar-refractivity contribution is -0.143. The molecule has 7 nitrogen and oxygen atoms in total. The number of benzene rings is 2. The van der Waals surface area contributed by atoms with Gasteiger partial charge in [-0.2, -0.15) is 0 Å². The maximum Gasteiger partial charge on any atom is 0.254 e. The van der Waals surface area contributed by atoms with Gasteiger partial charge in [0.05, 0.1) is 13.2 Å². The third-order valence-electron chi connectivity index (χ3n) is 9.82. The summed E-state index contributed by atoms with van der Waals surface area (Å²) < 4.78 is 5.63. The number of carbonyl (C=O) groups excluding carboxylic acids is 2. The van der Waals surface area contributed by atoms with Gasteiger partial charge in [0.15, 0.2) is 0 Å². The maximum absolute atomic E-state index is 13.3. The van der Waals surface area contributed by atoms with Crippen LogP contribution in [0.1, 0.15) is 98.2 Å². The van der Waals surface area contributed by atoms with E-state index < -0.39 is 5.60 Å². The molecule has 0 radical (unpaired) electrons. The molecule has 2 saturated carbocycles. The molecule has 1 saturated heterocycles. The van der Waals surface area contributed by atoms with Crippen molar-refractivity contribution in [3.63, 3.8) is 0 Å². The van der Waals surface area contributed by atoms with E-state index in [1.807, 2.05) is 17.0 Å². The van der Waals surface area contributed by atoms with E-state index in [1.165, 1.54) is 68.2 Å². The van der Waals surface area contributed by atoms with E-state index in [1.54, 1.807) is 12.0 Å². The molecule has 0 bridgehead atoms. The molecule has 214 valence electrons. The standard InChI is InChI=1S/C33H43N3O4/c1-40-26-12-13-28-27(22-26)32(14-6-4-2-3-5-7-15-32)23-29(34-28)24-8-10-25(11-9-24)30(37)35-18-20-36(21-19-35)31(38)33(39)16-17-33/h8-13,22,29,34,39H,2-7,14-21,23H2,1H3. The Hall–Kier alpha value is -3.06. The molecule has 2 N–H and O–H groups in total. The molecule has 2 aromatic rings. The summed E-state index contributed by atoms with van der Waals surface area (Å²) in [5, 5.41) is 14.0. The van der Waals surface area contributed by atoms with Crippen molar-refractivity contribution in [3.05, 3.63) is 59.2 Å². The summed E-state index contributed by atoms with van der Waals surface area (Å²) >= 11 is 0. The van der Waals surface area contributed by atoms with Gasteiger partial charge in [-0.05, 0) is 79.0 Å². The van der Waals surface area contributed by atoms with Gasteiger partial charge in [0, 0.05) is 37.4 Å². The number of nitrogens with one attached hydrogen (secondary N) is 1. The number of methoxy groups -OCH3 is 1. The van der Waals surface area contributed by atoms with Crippen LogP contribution < -0.4 is 10.1 Å². The zero-order valence-electron chi connectivity index (χ0n) is 23.8. The van der Waals surface area contributed by atoms with Gasteiger partial charge in [0.25, 0.3) is 11.8 Å². The molecule has 1 unspecified atom stereocenters. The van der Waals surface area contributed by atoms with E-state index in [2.05, 4.69) is 35.6 Å². The number of amides is 2. The van der Waals surface area contributed by atoms with Gasteiger partial charge in [-0.1, -0.05) is 50.7 Å². The van der Waals surface area contributed by atoms with E-state index in [9.17, 15) is 14.7 Å². The van der Waals surface area contributed by atoms with Crippen molar-refractivity contribution in [1.29, 1.82) is 0 Å². The Bertz CT molecular complexity index is 1220. The molecule has 4 aliphatic rings. The molecule has 6 rings (SSSR count). The molecule has 2 aromatic carbocycles. The van der Waals surface area contributed by atoms with Crippen LogP contribution in [0, 0.1) is 0 Å². The summed E-state index contributed by atoms with van der Waals surface area (Å²) in [5.74, 6) is 0.752. The Kier molecular flexibility index (Phi) is 7.51. The second kappa shape index (κ2) is 11.1. The van der Waals surface area contributed by atoms with Gasteiger partial charge in [-0.3, -0.25) is 9.59 Å². The van der Waals surface area contributed by atoms with Gasteiger partial charge in [0.2, 0.25) is 0 Å². The SMILES string of the molecule is COc1ccc2c(c1)C1(CCCCCCCC1)CC(c1ccc(C(=O)N3CCN(C(=O)C4(O)CC4)CC3)cc1)N2. The van der Waals surface area contributed by atoms with E-state index in [0.717, 1.165) is 12.2 Å². The Morgan fingerprint density at radius 2 is 1.48 bits per heavy atom. The first-order valence-electron chi connectivity index (χ1n) is 15.3. The largest absolute Gasteiger partial charge is 0.497 e. The minimum atomic E-state index is -1.14.